The molecule has 1 saturated heterocycles. The number of carbonyl (C=O) groups is 2. The molecular formula is C18H22ClN5O2S. The van der Waals surface area contributed by atoms with Crippen LogP contribution in [0.5, 0.6) is 0 Å². The second kappa shape index (κ2) is 8.75. The van der Waals surface area contributed by atoms with Crippen LogP contribution in [0.1, 0.15) is 19.8 Å². The third-order valence-corrected chi connectivity index (χ3v) is 5.88. The summed E-state index contributed by atoms with van der Waals surface area (Å²) in [5, 5.41) is 9.86. The van der Waals surface area contributed by atoms with E-state index in [4.69, 9.17) is 17.3 Å². The zero-order valence-corrected chi connectivity index (χ0v) is 16.7. The van der Waals surface area contributed by atoms with Gasteiger partial charge in [0.15, 0.2) is 11.0 Å². The van der Waals surface area contributed by atoms with E-state index in [9.17, 15) is 9.59 Å². The Morgan fingerprint density at radius 3 is 2.67 bits per heavy atom. The van der Waals surface area contributed by atoms with Crippen LogP contribution in [0.25, 0.3) is 11.4 Å². The van der Waals surface area contributed by atoms with Crippen LogP contribution in [-0.4, -0.2) is 50.3 Å². The van der Waals surface area contributed by atoms with Crippen LogP contribution in [0.3, 0.4) is 0 Å². The van der Waals surface area contributed by atoms with E-state index in [0.29, 0.717) is 42.7 Å². The maximum absolute atomic E-state index is 12.5. The van der Waals surface area contributed by atoms with Gasteiger partial charge < -0.3 is 15.2 Å². The summed E-state index contributed by atoms with van der Waals surface area (Å²) in [7, 11) is 0. The van der Waals surface area contributed by atoms with Crippen LogP contribution >= 0.6 is 23.4 Å². The molecule has 0 atom stereocenters. The number of likely N-dealkylation sites (tertiary alicyclic amines) is 1. The first-order valence-electron chi connectivity index (χ1n) is 8.88. The summed E-state index contributed by atoms with van der Waals surface area (Å²) >= 11 is 7.45. The van der Waals surface area contributed by atoms with E-state index in [1.165, 1.54) is 11.8 Å². The van der Waals surface area contributed by atoms with E-state index in [2.05, 4.69) is 10.2 Å². The normalized spacial score (nSPS) is 15.1. The number of halogens is 1. The van der Waals surface area contributed by atoms with E-state index < -0.39 is 0 Å². The highest BCUT2D eigenvalue weighted by atomic mass is 35.5. The van der Waals surface area contributed by atoms with E-state index in [1.54, 1.807) is 4.90 Å². The van der Waals surface area contributed by atoms with Crippen molar-refractivity contribution < 1.29 is 9.59 Å². The Hall–Kier alpha value is -2.06. The van der Waals surface area contributed by atoms with E-state index >= 15 is 0 Å². The van der Waals surface area contributed by atoms with Crippen molar-refractivity contribution in [2.45, 2.75) is 31.5 Å². The Labute approximate surface area is 167 Å². The summed E-state index contributed by atoms with van der Waals surface area (Å²) in [6, 6.07) is 7.47. The molecule has 2 aromatic rings. The Morgan fingerprint density at radius 2 is 2.04 bits per heavy atom. The van der Waals surface area contributed by atoms with Crippen molar-refractivity contribution in [3.05, 3.63) is 29.3 Å². The second-order valence-corrected chi connectivity index (χ2v) is 7.79. The summed E-state index contributed by atoms with van der Waals surface area (Å²) < 4.78 is 1.98. The SMILES string of the molecule is CCn1c(SCC(=O)N2CCC(C(N)=O)CC2)nnc1-c1cccc(Cl)c1. The maximum atomic E-state index is 12.5. The van der Waals surface area contributed by atoms with Gasteiger partial charge in [-0.25, -0.2) is 0 Å². The van der Waals surface area contributed by atoms with Gasteiger partial charge in [0, 0.05) is 36.1 Å². The minimum atomic E-state index is -0.277. The van der Waals surface area contributed by atoms with Crippen molar-refractivity contribution in [2.24, 2.45) is 11.7 Å². The zero-order chi connectivity index (χ0) is 19.4. The number of thioether (sulfide) groups is 1. The molecule has 0 radical (unpaired) electrons. The van der Waals surface area contributed by atoms with Gasteiger partial charge in [-0.3, -0.25) is 9.59 Å². The highest BCUT2D eigenvalue weighted by Gasteiger charge is 2.26. The predicted octanol–water partition coefficient (Wildman–Crippen LogP) is 2.43. The summed E-state index contributed by atoms with van der Waals surface area (Å²) in [6.45, 7) is 3.84. The van der Waals surface area contributed by atoms with Gasteiger partial charge in [-0.1, -0.05) is 35.5 Å². The van der Waals surface area contributed by atoms with Gasteiger partial charge in [0.2, 0.25) is 11.8 Å². The number of hydrogen-bond donors (Lipinski definition) is 1. The standard InChI is InChI=1S/C18H22ClN5O2S/c1-2-24-17(13-4-3-5-14(19)10-13)21-22-18(24)27-11-15(25)23-8-6-12(7-9-23)16(20)26/h3-5,10,12H,2,6-9,11H2,1H3,(H2,20,26). The molecule has 1 aromatic heterocycles. The Balaban J connectivity index is 1.63. The lowest BCUT2D eigenvalue weighted by atomic mass is 9.96. The van der Waals surface area contributed by atoms with Crippen molar-refractivity contribution >= 4 is 35.2 Å². The van der Waals surface area contributed by atoms with Crippen LogP contribution in [0.15, 0.2) is 29.4 Å². The van der Waals surface area contributed by atoms with Crippen LogP contribution in [-0.2, 0) is 16.1 Å². The first-order chi connectivity index (χ1) is 13.0. The Bertz CT molecular complexity index is 833. The van der Waals surface area contributed by atoms with E-state index in [-0.39, 0.29) is 23.5 Å². The molecule has 1 aromatic carbocycles. The largest absolute Gasteiger partial charge is 0.369 e. The summed E-state index contributed by atoms with van der Waals surface area (Å²) in [5.41, 5.74) is 6.23. The molecule has 144 valence electrons. The molecule has 3 rings (SSSR count). The quantitative estimate of drug-likeness (QED) is 0.742. The summed E-state index contributed by atoms with van der Waals surface area (Å²) in [5.74, 6) is 0.663. The minimum Gasteiger partial charge on any atom is -0.369 e. The fourth-order valence-electron chi connectivity index (χ4n) is 3.15. The molecule has 0 spiro atoms. The number of amides is 2. The third-order valence-electron chi connectivity index (χ3n) is 4.69. The number of aromatic nitrogens is 3. The lowest BCUT2D eigenvalue weighted by Crippen LogP contribution is -2.42. The van der Waals surface area contributed by atoms with Gasteiger partial charge in [0.25, 0.3) is 0 Å². The number of nitrogens with two attached hydrogens (primary N) is 1. The van der Waals surface area contributed by atoms with Gasteiger partial charge in [0.05, 0.1) is 5.75 Å². The highest BCUT2D eigenvalue weighted by molar-refractivity contribution is 7.99. The number of carbonyl (C=O) groups excluding carboxylic acids is 2. The minimum absolute atomic E-state index is 0.0397. The monoisotopic (exact) mass is 407 g/mol. The van der Waals surface area contributed by atoms with Crippen molar-refractivity contribution in [2.75, 3.05) is 18.8 Å². The zero-order valence-electron chi connectivity index (χ0n) is 15.1. The number of primary amides is 1. The molecule has 2 amide bonds. The molecule has 0 bridgehead atoms. The number of benzene rings is 1. The summed E-state index contributed by atoms with van der Waals surface area (Å²) in [6.07, 6.45) is 1.27. The van der Waals surface area contributed by atoms with Crippen molar-refractivity contribution in [3.63, 3.8) is 0 Å². The highest BCUT2D eigenvalue weighted by Crippen LogP contribution is 2.26. The molecule has 1 aliphatic rings. The smallest absolute Gasteiger partial charge is 0.233 e. The Kier molecular flexibility index (Phi) is 6.38. The van der Waals surface area contributed by atoms with Gasteiger partial charge in [-0.05, 0) is 31.9 Å². The van der Waals surface area contributed by atoms with Gasteiger partial charge in [-0.2, -0.15) is 0 Å². The van der Waals surface area contributed by atoms with Gasteiger partial charge in [-0.15, -0.1) is 10.2 Å². The van der Waals surface area contributed by atoms with Crippen molar-refractivity contribution in [3.8, 4) is 11.4 Å². The first-order valence-corrected chi connectivity index (χ1v) is 10.2. The molecule has 0 saturated carbocycles. The molecule has 1 fully saturated rings. The molecule has 0 aliphatic carbocycles. The molecule has 1 aliphatic heterocycles. The molecule has 27 heavy (non-hydrogen) atoms. The van der Waals surface area contributed by atoms with Gasteiger partial charge >= 0.3 is 0 Å². The predicted molar refractivity (Wildman–Crippen MR) is 105 cm³/mol. The van der Waals surface area contributed by atoms with Crippen molar-refractivity contribution in [1.29, 1.82) is 0 Å². The molecule has 0 unspecified atom stereocenters. The van der Waals surface area contributed by atoms with E-state index in [0.717, 1.165) is 11.4 Å². The second-order valence-electron chi connectivity index (χ2n) is 6.41. The molecule has 7 nitrogen and oxygen atoms in total. The number of hydrogen-bond acceptors (Lipinski definition) is 5. The van der Waals surface area contributed by atoms with Gasteiger partial charge in [0.1, 0.15) is 0 Å². The lowest BCUT2D eigenvalue weighted by Gasteiger charge is -2.30. The van der Waals surface area contributed by atoms with Crippen molar-refractivity contribution in [1.82, 2.24) is 19.7 Å². The number of nitrogens with zero attached hydrogens (tertiary/aromatic N) is 4. The molecule has 2 heterocycles. The first kappa shape index (κ1) is 19.7. The third kappa shape index (κ3) is 4.62. The lowest BCUT2D eigenvalue weighted by molar-refractivity contribution is -0.132. The average molecular weight is 408 g/mol. The maximum Gasteiger partial charge on any atom is 0.233 e. The summed E-state index contributed by atoms with van der Waals surface area (Å²) in [4.78, 5) is 25.5. The molecule has 9 heteroatoms. The fourth-order valence-corrected chi connectivity index (χ4v) is 4.25. The topological polar surface area (TPSA) is 94.1 Å². The average Bonchev–Trinajstić information content (AvgIpc) is 3.09. The van der Waals surface area contributed by atoms with E-state index in [1.807, 2.05) is 35.8 Å². The Morgan fingerprint density at radius 1 is 1.30 bits per heavy atom. The van der Waals surface area contributed by atoms with Crippen LogP contribution in [0.2, 0.25) is 5.02 Å². The molecular weight excluding hydrogens is 386 g/mol. The van der Waals surface area contributed by atoms with Crippen LogP contribution in [0, 0.1) is 5.92 Å². The molecule has 2 N–H and O–H groups in total. The van der Waals surface area contributed by atoms with Crippen LogP contribution in [0.4, 0.5) is 0 Å². The number of piperidine rings is 1. The number of rotatable bonds is 6. The van der Waals surface area contributed by atoms with Crippen LogP contribution < -0.4 is 5.73 Å². The fraction of sp³-hybridized carbons (Fsp3) is 0.444.